The second-order valence-electron chi connectivity index (χ2n) is 9.03. The zero-order valence-corrected chi connectivity index (χ0v) is 14.2. The van der Waals surface area contributed by atoms with Gasteiger partial charge in [-0.25, -0.2) is 4.63 Å². The van der Waals surface area contributed by atoms with E-state index in [0.717, 1.165) is 48.9 Å². The first-order valence-corrected chi connectivity index (χ1v) is 9.39. The minimum Gasteiger partial charge on any atom is -0.299 e. The lowest BCUT2D eigenvalue weighted by Gasteiger charge is -2.58. The average Bonchev–Trinajstić information content (AvgIpc) is 3.12. The molecule has 0 N–H and O–H groups in total. The number of hydrogen-bond acceptors (Lipinski definition) is 4. The zero-order valence-electron chi connectivity index (χ0n) is 14.2. The molecule has 0 bridgehead atoms. The molecule has 0 radical (unpaired) electrons. The van der Waals surface area contributed by atoms with E-state index in [9.17, 15) is 4.79 Å². The summed E-state index contributed by atoms with van der Waals surface area (Å²) < 4.78 is 5.05. The SMILES string of the molecule is CC12CCC3C(CCC4c5nonc5CCC43C)C1CCC2=O. The molecule has 1 aromatic heterocycles. The maximum Gasteiger partial charge on any atom is 0.139 e. The van der Waals surface area contributed by atoms with Gasteiger partial charge in [-0.15, -0.1) is 0 Å². The van der Waals surface area contributed by atoms with Crippen molar-refractivity contribution in [3.8, 4) is 0 Å². The Balaban J connectivity index is 1.53. The van der Waals surface area contributed by atoms with Gasteiger partial charge in [-0.1, -0.05) is 24.2 Å². The molecule has 0 aliphatic heterocycles. The summed E-state index contributed by atoms with van der Waals surface area (Å²) in [5, 5.41) is 8.40. The molecular weight excluding hydrogens is 288 g/mol. The molecule has 124 valence electrons. The van der Waals surface area contributed by atoms with Crippen molar-refractivity contribution in [1.82, 2.24) is 10.3 Å². The highest BCUT2D eigenvalue weighted by molar-refractivity contribution is 5.87. The van der Waals surface area contributed by atoms with Crippen molar-refractivity contribution in [1.29, 1.82) is 0 Å². The second kappa shape index (κ2) is 4.46. The van der Waals surface area contributed by atoms with E-state index in [1.807, 2.05) is 0 Å². The molecule has 4 heteroatoms. The standard InChI is InChI=1S/C19H26N2O2/c1-18-10-8-15-17(21-23-20-15)14(18)4-3-11-12-5-6-16(22)19(12,2)9-7-13(11)18/h11-14H,3-10H2,1-2H3. The van der Waals surface area contributed by atoms with Crippen molar-refractivity contribution < 1.29 is 9.42 Å². The van der Waals surface area contributed by atoms with Crippen LogP contribution in [-0.2, 0) is 11.2 Å². The Morgan fingerprint density at radius 1 is 1.00 bits per heavy atom. The molecule has 4 nitrogen and oxygen atoms in total. The van der Waals surface area contributed by atoms with Crippen molar-refractivity contribution in [3.63, 3.8) is 0 Å². The number of nitrogens with zero attached hydrogens (tertiary/aromatic N) is 2. The average molecular weight is 314 g/mol. The van der Waals surface area contributed by atoms with Gasteiger partial charge in [0.1, 0.15) is 17.2 Å². The largest absolute Gasteiger partial charge is 0.299 e. The van der Waals surface area contributed by atoms with Gasteiger partial charge < -0.3 is 0 Å². The lowest BCUT2D eigenvalue weighted by molar-refractivity contribution is -0.135. The molecule has 3 fully saturated rings. The third-order valence-electron chi connectivity index (χ3n) is 8.39. The summed E-state index contributed by atoms with van der Waals surface area (Å²) in [7, 11) is 0. The van der Waals surface area contributed by atoms with Crippen LogP contribution < -0.4 is 0 Å². The Kier molecular flexibility index (Phi) is 2.75. The summed E-state index contributed by atoms with van der Waals surface area (Å²) in [5.41, 5.74) is 2.55. The molecule has 4 aliphatic carbocycles. The van der Waals surface area contributed by atoms with Crippen molar-refractivity contribution >= 4 is 5.78 Å². The number of hydrogen-bond donors (Lipinski definition) is 0. The van der Waals surface area contributed by atoms with E-state index in [1.165, 1.54) is 25.7 Å². The molecule has 5 rings (SSSR count). The van der Waals surface area contributed by atoms with Crippen LogP contribution in [0.3, 0.4) is 0 Å². The fraction of sp³-hybridized carbons (Fsp3) is 0.842. The fourth-order valence-corrected chi connectivity index (χ4v) is 7.08. The second-order valence-corrected chi connectivity index (χ2v) is 9.03. The molecule has 0 spiro atoms. The lowest BCUT2D eigenvalue weighted by Crippen LogP contribution is -2.52. The third kappa shape index (κ3) is 1.65. The van der Waals surface area contributed by atoms with Crippen LogP contribution in [0.4, 0.5) is 0 Å². The highest BCUT2D eigenvalue weighted by Gasteiger charge is 2.60. The molecule has 6 unspecified atom stereocenters. The molecule has 0 amide bonds. The maximum atomic E-state index is 12.5. The van der Waals surface area contributed by atoms with Gasteiger partial charge in [0, 0.05) is 17.8 Å². The summed E-state index contributed by atoms with van der Waals surface area (Å²) in [4.78, 5) is 12.5. The monoisotopic (exact) mass is 314 g/mol. The van der Waals surface area contributed by atoms with Crippen LogP contribution in [0.2, 0.25) is 0 Å². The van der Waals surface area contributed by atoms with E-state index in [1.54, 1.807) is 0 Å². The van der Waals surface area contributed by atoms with E-state index < -0.39 is 0 Å². The number of aryl methyl sites for hydroxylation is 1. The summed E-state index contributed by atoms with van der Waals surface area (Å²) in [5.74, 6) is 3.17. The normalized spacial score (nSPS) is 48.3. The van der Waals surface area contributed by atoms with Crippen molar-refractivity contribution in [3.05, 3.63) is 11.4 Å². The van der Waals surface area contributed by atoms with E-state index in [4.69, 9.17) is 4.63 Å². The van der Waals surface area contributed by atoms with Crippen LogP contribution in [0.25, 0.3) is 0 Å². The number of Topliss-reactive ketones (excluding diaryl/α,β-unsaturated/α-hetero) is 1. The molecule has 4 aliphatic rings. The van der Waals surface area contributed by atoms with Crippen molar-refractivity contribution in [2.45, 2.75) is 71.1 Å². The van der Waals surface area contributed by atoms with Crippen LogP contribution in [0.1, 0.15) is 76.1 Å². The van der Waals surface area contributed by atoms with Crippen LogP contribution >= 0.6 is 0 Å². The van der Waals surface area contributed by atoms with Crippen LogP contribution in [-0.4, -0.2) is 16.1 Å². The quantitative estimate of drug-likeness (QED) is 0.728. The van der Waals surface area contributed by atoms with Gasteiger partial charge in [0.15, 0.2) is 0 Å². The number of ketones is 1. The molecule has 1 aromatic rings. The molecule has 3 saturated carbocycles. The highest BCUT2D eigenvalue weighted by Crippen LogP contribution is 2.66. The Morgan fingerprint density at radius 2 is 1.87 bits per heavy atom. The summed E-state index contributed by atoms with van der Waals surface area (Å²) in [6, 6.07) is 0. The number of fused-ring (bicyclic) bond motifs is 7. The van der Waals surface area contributed by atoms with E-state index in [0.29, 0.717) is 23.0 Å². The minimum atomic E-state index is -0.0142. The molecule has 23 heavy (non-hydrogen) atoms. The molecule has 0 aromatic carbocycles. The van der Waals surface area contributed by atoms with Gasteiger partial charge in [0.2, 0.25) is 0 Å². The topological polar surface area (TPSA) is 56.0 Å². The summed E-state index contributed by atoms with van der Waals surface area (Å²) in [6.07, 6.45) is 8.94. The summed E-state index contributed by atoms with van der Waals surface area (Å²) in [6.45, 7) is 4.75. The molecule has 6 atom stereocenters. The Bertz CT molecular complexity index is 668. The first kappa shape index (κ1) is 14.2. The predicted octanol–water partition coefficient (Wildman–Crippen LogP) is 3.91. The molecule has 1 heterocycles. The van der Waals surface area contributed by atoms with Gasteiger partial charge in [0.25, 0.3) is 0 Å². The summed E-state index contributed by atoms with van der Waals surface area (Å²) >= 11 is 0. The smallest absolute Gasteiger partial charge is 0.139 e. The first-order valence-electron chi connectivity index (χ1n) is 9.39. The van der Waals surface area contributed by atoms with Crippen LogP contribution in [0.15, 0.2) is 4.63 Å². The van der Waals surface area contributed by atoms with Crippen molar-refractivity contribution in [2.75, 3.05) is 0 Å². The zero-order chi connectivity index (χ0) is 15.8. The van der Waals surface area contributed by atoms with Gasteiger partial charge >= 0.3 is 0 Å². The Hall–Kier alpha value is -1.19. The lowest BCUT2D eigenvalue weighted by atomic mass is 9.45. The van der Waals surface area contributed by atoms with Crippen LogP contribution in [0.5, 0.6) is 0 Å². The third-order valence-corrected chi connectivity index (χ3v) is 8.39. The van der Waals surface area contributed by atoms with Gasteiger partial charge in [0.05, 0.1) is 0 Å². The number of rotatable bonds is 0. The minimum absolute atomic E-state index is 0.0142. The predicted molar refractivity (Wildman–Crippen MR) is 84.8 cm³/mol. The van der Waals surface area contributed by atoms with Gasteiger partial charge in [-0.05, 0) is 68.1 Å². The van der Waals surface area contributed by atoms with E-state index in [2.05, 4.69) is 24.2 Å². The van der Waals surface area contributed by atoms with E-state index >= 15 is 0 Å². The number of aromatic nitrogens is 2. The fourth-order valence-electron chi connectivity index (χ4n) is 7.08. The molecular formula is C19H26N2O2. The van der Waals surface area contributed by atoms with Gasteiger partial charge in [-0.3, -0.25) is 4.79 Å². The van der Waals surface area contributed by atoms with Crippen LogP contribution in [0, 0.1) is 28.6 Å². The van der Waals surface area contributed by atoms with Gasteiger partial charge in [-0.2, -0.15) is 0 Å². The highest BCUT2D eigenvalue weighted by atomic mass is 16.6. The number of carbonyl (C=O) groups is 1. The Labute approximate surface area is 137 Å². The van der Waals surface area contributed by atoms with E-state index in [-0.39, 0.29) is 5.41 Å². The molecule has 0 saturated heterocycles. The number of carbonyl (C=O) groups excluding carboxylic acids is 1. The maximum absolute atomic E-state index is 12.5. The van der Waals surface area contributed by atoms with Crippen molar-refractivity contribution in [2.24, 2.45) is 28.6 Å². The Morgan fingerprint density at radius 3 is 2.74 bits per heavy atom. The first-order chi connectivity index (χ1) is 11.0.